The summed E-state index contributed by atoms with van der Waals surface area (Å²) in [5, 5.41) is 5.34. The van der Waals surface area contributed by atoms with Crippen molar-refractivity contribution in [2.24, 2.45) is 10.7 Å². The molecule has 1 aromatic rings. The van der Waals surface area contributed by atoms with Gasteiger partial charge in [0.05, 0.1) is 16.8 Å². The molecule has 0 radical (unpaired) electrons. The van der Waals surface area contributed by atoms with Crippen molar-refractivity contribution in [3.63, 3.8) is 0 Å². The molecule has 0 amide bonds. The summed E-state index contributed by atoms with van der Waals surface area (Å²) in [5.74, 6) is 0.402. The lowest BCUT2D eigenvalue weighted by molar-refractivity contribution is 0.443. The molecule has 6 heteroatoms. The van der Waals surface area contributed by atoms with Crippen LogP contribution in [0.3, 0.4) is 0 Å². The van der Waals surface area contributed by atoms with Gasteiger partial charge >= 0.3 is 0 Å². The predicted octanol–water partition coefficient (Wildman–Crippen LogP) is 4.11. The summed E-state index contributed by atoms with van der Waals surface area (Å²) < 4.78 is 0.608. The maximum atomic E-state index is 5.99. The average molecular weight is 292 g/mol. The third-order valence-electron chi connectivity index (χ3n) is 2.85. The number of nitrogens with two attached hydrogens (primary N) is 1. The molecule has 0 spiro atoms. The van der Waals surface area contributed by atoms with E-state index in [2.05, 4.69) is 10.3 Å². The Balaban J connectivity index is 2.00. The highest BCUT2D eigenvalue weighted by Crippen LogP contribution is 2.36. The third kappa shape index (κ3) is 3.50. The van der Waals surface area contributed by atoms with Crippen LogP contribution >= 0.6 is 34.5 Å². The van der Waals surface area contributed by atoms with Gasteiger partial charge in [0.15, 0.2) is 5.96 Å². The molecular formula is C11H15Cl2N3S. The van der Waals surface area contributed by atoms with E-state index in [0.717, 1.165) is 12.8 Å². The number of nitrogens with one attached hydrogen (secondary N) is 1. The molecule has 0 atom stereocenters. The van der Waals surface area contributed by atoms with Crippen molar-refractivity contribution in [2.75, 3.05) is 5.32 Å². The standard InChI is InChI=1S/C11H15Cl2N3S/c12-8-6-17-10(13)9(8)16-11(14)15-7-4-2-1-3-5-7/h6-7H,1-5H2,(H3,14,15,16). The smallest absolute Gasteiger partial charge is 0.193 e. The summed E-state index contributed by atoms with van der Waals surface area (Å²) in [5.41, 5.74) is 6.52. The second kappa shape index (κ2) is 5.94. The fourth-order valence-corrected chi connectivity index (χ4v) is 3.26. The molecule has 3 nitrogen and oxygen atoms in total. The lowest BCUT2D eigenvalue weighted by Gasteiger charge is -2.18. The second-order valence-electron chi connectivity index (χ2n) is 4.16. The zero-order valence-electron chi connectivity index (χ0n) is 9.38. The van der Waals surface area contributed by atoms with Gasteiger partial charge in [-0.15, -0.1) is 11.3 Å². The molecule has 2 rings (SSSR count). The lowest BCUT2D eigenvalue weighted by Crippen LogP contribution is -2.26. The van der Waals surface area contributed by atoms with E-state index in [1.807, 2.05) is 0 Å². The van der Waals surface area contributed by atoms with Gasteiger partial charge in [0.25, 0.3) is 0 Å². The molecule has 17 heavy (non-hydrogen) atoms. The van der Waals surface area contributed by atoms with Gasteiger partial charge in [-0.1, -0.05) is 42.5 Å². The third-order valence-corrected chi connectivity index (χ3v) is 4.50. The Morgan fingerprint density at radius 2 is 2.06 bits per heavy atom. The highest BCUT2D eigenvalue weighted by Gasteiger charge is 2.14. The molecule has 0 bridgehead atoms. The lowest BCUT2D eigenvalue weighted by atomic mass is 9.96. The quantitative estimate of drug-likeness (QED) is 0.636. The zero-order valence-corrected chi connectivity index (χ0v) is 11.7. The van der Waals surface area contributed by atoms with Crippen LogP contribution in [0.4, 0.5) is 5.69 Å². The van der Waals surface area contributed by atoms with Gasteiger partial charge in [-0.05, 0) is 12.8 Å². The highest BCUT2D eigenvalue weighted by atomic mass is 35.5. The second-order valence-corrected chi connectivity index (χ2v) is 6.05. The number of aliphatic imine (C=N–C) groups is 1. The van der Waals surface area contributed by atoms with Gasteiger partial charge in [-0.25, -0.2) is 4.99 Å². The first kappa shape index (κ1) is 13.0. The van der Waals surface area contributed by atoms with Crippen molar-refractivity contribution in [2.45, 2.75) is 38.1 Å². The minimum absolute atomic E-state index is 0.340. The van der Waals surface area contributed by atoms with Crippen molar-refractivity contribution in [1.82, 2.24) is 0 Å². The first-order valence-electron chi connectivity index (χ1n) is 5.69. The Hall–Kier alpha value is -0.450. The molecule has 0 saturated heterocycles. The monoisotopic (exact) mass is 291 g/mol. The van der Waals surface area contributed by atoms with E-state index in [-0.39, 0.29) is 0 Å². The van der Waals surface area contributed by atoms with Gasteiger partial charge in [0.1, 0.15) is 4.34 Å². The first-order valence-corrected chi connectivity index (χ1v) is 7.33. The molecule has 1 heterocycles. The Morgan fingerprint density at radius 3 is 2.65 bits per heavy atom. The molecule has 1 saturated carbocycles. The normalized spacial score (nSPS) is 18.4. The number of hydrogen-bond donors (Lipinski definition) is 2. The summed E-state index contributed by atoms with van der Waals surface area (Å²) in [6.07, 6.45) is 6.02. The van der Waals surface area contributed by atoms with E-state index in [1.54, 1.807) is 5.38 Å². The molecular weight excluding hydrogens is 277 g/mol. The fraction of sp³-hybridized carbons (Fsp3) is 0.545. The topological polar surface area (TPSA) is 50.4 Å². The van der Waals surface area contributed by atoms with E-state index in [9.17, 15) is 0 Å². The number of hydrogen-bond acceptors (Lipinski definition) is 2. The van der Waals surface area contributed by atoms with E-state index >= 15 is 0 Å². The van der Waals surface area contributed by atoms with Crippen molar-refractivity contribution in [3.05, 3.63) is 14.7 Å². The minimum atomic E-state index is 0.340. The van der Waals surface area contributed by atoms with Gasteiger partial charge < -0.3 is 11.1 Å². The van der Waals surface area contributed by atoms with Crippen LogP contribution in [0.1, 0.15) is 32.1 Å². The van der Waals surface area contributed by atoms with Crippen LogP contribution in [0.2, 0.25) is 9.36 Å². The van der Waals surface area contributed by atoms with Crippen molar-refractivity contribution < 1.29 is 0 Å². The summed E-state index contributed by atoms with van der Waals surface area (Å²) in [7, 11) is 0. The van der Waals surface area contributed by atoms with Crippen LogP contribution in [-0.4, -0.2) is 12.0 Å². The minimum Gasteiger partial charge on any atom is -0.370 e. The molecule has 0 unspecified atom stereocenters. The SMILES string of the molecule is NC(=NC1CCCCC1)Nc1c(Cl)csc1Cl. The highest BCUT2D eigenvalue weighted by molar-refractivity contribution is 7.15. The molecule has 0 aromatic carbocycles. The molecule has 94 valence electrons. The fourth-order valence-electron chi connectivity index (χ4n) is 1.99. The van der Waals surface area contributed by atoms with E-state index in [4.69, 9.17) is 28.9 Å². The van der Waals surface area contributed by atoms with Crippen LogP contribution in [-0.2, 0) is 0 Å². The van der Waals surface area contributed by atoms with Crippen molar-refractivity contribution in [1.29, 1.82) is 0 Å². The maximum absolute atomic E-state index is 5.99. The summed E-state index contributed by atoms with van der Waals surface area (Å²) in [6, 6.07) is 0.340. The molecule has 1 aromatic heterocycles. The van der Waals surface area contributed by atoms with E-state index in [0.29, 0.717) is 27.0 Å². The maximum Gasteiger partial charge on any atom is 0.193 e. The van der Waals surface area contributed by atoms with Crippen molar-refractivity contribution >= 4 is 46.2 Å². The first-order chi connectivity index (χ1) is 8.16. The average Bonchev–Trinajstić information content (AvgIpc) is 2.62. The molecule has 3 N–H and O–H groups in total. The van der Waals surface area contributed by atoms with Gasteiger partial charge in [0.2, 0.25) is 0 Å². The van der Waals surface area contributed by atoms with Crippen LogP contribution in [0.25, 0.3) is 0 Å². The summed E-state index contributed by atoms with van der Waals surface area (Å²) >= 11 is 13.4. The Kier molecular flexibility index (Phi) is 4.54. The number of thiophene rings is 1. The number of guanidine groups is 1. The Morgan fingerprint density at radius 1 is 1.35 bits per heavy atom. The van der Waals surface area contributed by atoms with Crippen LogP contribution in [0.15, 0.2) is 10.4 Å². The largest absolute Gasteiger partial charge is 0.370 e. The van der Waals surface area contributed by atoms with Gasteiger partial charge in [-0.2, -0.15) is 0 Å². The Labute approximate surface area is 115 Å². The molecule has 0 aliphatic heterocycles. The zero-order chi connectivity index (χ0) is 12.3. The predicted molar refractivity (Wildman–Crippen MR) is 76.5 cm³/mol. The Bertz CT molecular complexity index is 391. The van der Waals surface area contributed by atoms with Gasteiger partial charge in [0, 0.05) is 5.38 Å². The number of rotatable bonds is 2. The molecule has 1 aliphatic rings. The van der Waals surface area contributed by atoms with E-state index < -0.39 is 0 Å². The number of nitrogens with zero attached hydrogens (tertiary/aromatic N) is 1. The number of halogens is 2. The van der Waals surface area contributed by atoms with Crippen molar-refractivity contribution in [3.8, 4) is 0 Å². The summed E-state index contributed by atoms with van der Waals surface area (Å²) in [4.78, 5) is 4.46. The van der Waals surface area contributed by atoms with E-state index in [1.165, 1.54) is 30.6 Å². The van der Waals surface area contributed by atoms with Gasteiger partial charge in [-0.3, -0.25) is 0 Å². The molecule has 1 fully saturated rings. The molecule has 1 aliphatic carbocycles. The van der Waals surface area contributed by atoms with Crippen LogP contribution in [0.5, 0.6) is 0 Å². The van der Waals surface area contributed by atoms with Crippen LogP contribution < -0.4 is 11.1 Å². The summed E-state index contributed by atoms with van der Waals surface area (Å²) in [6.45, 7) is 0. The van der Waals surface area contributed by atoms with Crippen LogP contribution in [0, 0.1) is 0 Å². The number of anilines is 1.